The van der Waals surface area contributed by atoms with Gasteiger partial charge in [-0.05, 0) is 92.6 Å². The van der Waals surface area contributed by atoms with Crippen LogP contribution in [-0.4, -0.2) is 83.0 Å². The van der Waals surface area contributed by atoms with Gasteiger partial charge in [-0.2, -0.15) is 0 Å². The van der Waals surface area contributed by atoms with Crippen LogP contribution in [0.1, 0.15) is 129 Å². The average Bonchev–Trinajstić information content (AvgIpc) is 4.25. The number of carbonyl (C=O) groups is 4. The van der Waals surface area contributed by atoms with Gasteiger partial charge in [0.05, 0.1) is 58.0 Å². The summed E-state index contributed by atoms with van der Waals surface area (Å²) in [5, 5.41) is 0. The molecular weight excluding hydrogens is 1030 g/mol. The van der Waals surface area contributed by atoms with Gasteiger partial charge < -0.3 is 42.6 Å². The Morgan fingerprint density at radius 1 is 0.519 bits per heavy atom. The minimum absolute atomic E-state index is 0.109. The molecule has 0 saturated carbocycles. The van der Waals surface area contributed by atoms with Crippen molar-refractivity contribution in [1.29, 1.82) is 0 Å². The molecule has 1 unspecified atom stereocenters. The zero-order chi connectivity index (χ0) is 56.8. The number of hydrogen-bond acceptors (Lipinski definition) is 13. The summed E-state index contributed by atoms with van der Waals surface area (Å²) in [7, 11) is 0. The van der Waals surface area contributed by atoms with E-state index in [2.05, 4.69) is 17.9 Å². The van der Waals surface area contributed by atoms with E-state index in [1.165, 1.54) is 49.9 Å². The Bertz CT molecular complexity index is 2500. The Hall–Kier alpha value is -6.56. The van der Waals surface area contributed by atoms with E-state index in [-0.39, 0.29) is 67.4 Å². The Morgan fingerprint density at radius 3 is 1.53 bits per heavy atom. The number of rotatable bonds is 36. The van der Waals surface area contributed by atoms with E-state index in [1.54, 1.807) is 62.4 Å². The number of halogens is 4. The molecule has 0 aromatic heterocycles. The standard InChI is InChI=1S/C32H38F2O8.C30H38F2O5/c1-22(2)32(37)40-15-9-7-5-3-4-6-8-14-39-26-18-27(33)31(28(34)19-26)24-10-12-25(13-11-24)41-21-38-20-23-16-29(35)42-30(36)17-23;1-22(2)30(33)37-25-14-12-23(13-15-25)24-18-27(31)29(28(32)19-24)35-17-11-9-7-5-3-4-6-8-10-16-34-20-26-21-36-26/h10-13,18-19,23H,1,3-9,14-17,20-21H2,2H3;12-15,18-19,26H,1,3-11,16-17,20-21H2,2H3. The van der Waals surface area contributed by atoms with Crippen molar-refractivity contribution in [3.05, 3.63) is 120 Å². The van der Waals surface area contributed by atoms with E-state index in [0.29, 0.717) is 53.1 Å². The lowest BCUT2D eigenvalue weighted by Gasteiger charge is -2.19. The first-order valence-corrected chi connectivity index (χ1v) is 27.4. The van der Waals surface area contributed by atoms with Crippen LogP contribution >= 0.6 is 0 Å². The van der Waals surface area contributed by atoms with E-state index in [1.807, 2.05) is 0 Å². The van der Waals surface area contributed by atoms with E-state index < -0.39 is 41.2 Å². The number of cyclic esters (lactones) is 2. The highest BCUT2D eigenvalue weighted by molar-refractivity contribution is 5.89. The normalized spacial score (nSPS) is 13.9. The number of esters is 4. The van der Waals surface area contributed by atoms with Gasteiger partial charge in [0.2, 0.25) is 0 Å². The first-order valence-electron chi connectivity index (χ1n) is 27.4. The molecule has 2 heterocycles. The maximum atomic E-state index is 14.8. The van der Waals surface area contributed by atoms with Gasteiger partial charge in [-0.15, -0.1) is 0 Å². The van der Waals surface area contributed by atoms with Crippen molar-refractivity contribution in [3.8, 4) is 45.3 Å². The fourth-order valence-corrected chi connectivity index (χ4v) is 8.26. The van der Waals surface area contributed by atoms with Crippen LogP contribution in [0.3, 0.4) is 0 Å². The molecule has 13 nitrogen and oxygen atoms in total. The molecular formula is C62H76F4O13. The van der Waals surface area contributed by atoms with Crippen molar-refractivity contribution in [1.82, 2.24) is 0 Å². The van der Waals surface area contributed by atoms with Gasteiger partial charge in [0.25, 0.3) is 0 Å². The van der Waals surface area contributed by atoms with Crippen molar-refractivity contribution < 1.29 is 79.4 Å². The quantitative estimate of drug-likeness (QED) is 0.00621. The number of hydrogen-bond donors (Lipinski definition) is 0. The van der Waals surface area contributed by atoms with Crippen LogP contribution in [0.4, 0.5) is 17.6 Å². The predicted molar refractivity (Wildman–Crippen MR) is 291 cm³/mol. The SMILES string of the molecule is C=C(C)C(=O)OCCCCCCCCCOc1cc(F)c(-c2ccc(OCOCC3CC(=O)OC(=O)C3)cc2)c(F)c1.C=C(C)C(=O)Oc1ccc(-c2cc(F)c(OCCCCCCCCCCCOCC3CO3)c(F)c2)cc1. The minimum atomic E-state index is -0.737. The summed E-state index contributed by atoms with van der Waals surface area (Å²) in [6.45, 7) is 13.8. The molecule has 2 aliphatic heterocycles. The van der Waals surface area contributed by atoms with E-state index in [0.717, 1.165) is 96.9 Å². The van der Waals surface area contributed by atoms with E-state index in [4.69, 9.17) is 37.9 Å². The van der Waals surface area contributed by atoms with Crippen molar-refractivity contribution >= 4 is 23.9 Å². The molecule has 4 aromatic carbocycles. The Labute approximate surface area is 461 Å². The molecule has 17 heteroatoms. The lowest BCUT2D eigenvalue weighted by Crippen LogP contribution is -2.28. The third kappa shape index (κ3) is 24.6. The molecule has 0 spiro atoms. The molecule has 79 heavy (non-hydrogen) atoms. The number of ether oxygens (including phenoxy) is 9. The molecule has 0 N–H and O–H groups in total. The molecule has 2 saturated heterocycles. The summed E-state index contributed by atoms with van der Waals surface area (Å²) in [6.07, 6.45) is 17.2. The van der Waals surface area contributed by atoms with Gasteiger partial charge in [-0.3, -0.25) is 9.59 Å². The lowest BCUT2D eigenvalue weighted by molar-refractivity contribution is -0.167. The first kappa shape index (κ1) is 63.3. The highest BCUT2D eigenvalue weighted by atomic mass is 19.1. The zero-order valence-corrected chi connectivity index (χ0v) is 45.7. The van der Waals surface area contributed by atoms with Crippen molar-refractivity contribution in [2.45, 2.75) is 136 Å². The third-order valence-electron chi connectivity index (χ3n) is 12.7. The predicted octanol–water partition coefficient (Wildman–Crippen LogP) is 14.1. The van der Waals surface area contributed by atoms with Crippen LogP contribution in [0.15, 0.2) is 97.1 Å². The second kappa shape index (κ2) is 35.1. The van der Waals surface area contributed by atoms with Gasteiger partial charge in [0, 0.05) is 35.8 Å². The Kier molecular flexibility index (Phi) is 28.1. The zero-order valence-electron chi connectivity index (χ0n) is 45.7. The van der Waals surface area contributed by atoms with Gasteiger partial charge in [-0.1, -0.05) is 114 Å². The number of epoxide rings is 1. The second-order valence-corrected chi connectivity index (χ2v) is 19.8. The maximum Gasteiger partial charge on any atom is 0.338 e. The molecule has 0 aliphatic carbocycles. The van der Waals surface area contributed by atoms with Crippen molar-refractivity contribution in [3.63, 3.8) is 0 Å². The second-order valence-electron chi connectivity index (χ2n) is 19.8. The minimum Gasteiger partial charge on any atom is -0.493 e. The largest absolute Gasteiger partial charge is 0.493 e. The molecule has 1 atom stereocenters. The molecule has 0 bridgehead atoms. The van der Waals surface area contributed by atoms with Gasteiger partial charge >= 0.3 is 23.9 Å². The van der Waals surface area contributed by atoms with E-state index in [9.17, 15) is 36.7 Å². The molecule has 6 rings (SSSR count). The van der Waals surface area contributed by atoms with Gasteiger partial charge in [0.1, 0.15) is 35.0 Å². The number of benzene rings is 4. The molecule has 430 valence electrons. The fraction of sp³-hybridized carbons (Fsp3) is 0.484. The molecule has 0 amide bonds. The summed E-state index contributed by atoms with van der Waals surface area (Å²) in [5.41, 5.74) is 1.85. The van der Waals surface area contributed by atoms with Crippen LogP contribution in [0, 0.1) is 29.2 Å². The summed E-state index contributed by atoms with van der Waals surface area (Å²) in [5.74, 6) is -4.62. The van der Waals surface area contributed by atoms with Crippen LogP contribution < -0.4 is 18.9 Å². The number of unbranched alkanes of at least 4 members (excludes halogenated alkanes) is 14. The Morgan fingerprint density at radius 2 is 1.00 bits per heavy atom. The van der Waals surface area contributed by atoms with Crippen molar-refractivity contribution in [2.75, 3.05) is 53.0 Å². The third-order valence-corrected chi connectivity index (χ3v) is 12.7. The summed E-state index contributed by atoms with van der Waals surface area (Å²) < 4.78 is 106. The van der Waals surface area contributed by atoms with Crippen LogP contribution in [0.5, 0.6) is 23.0 Å². The molecule has 0 radical (unpaired) electrons. The topological polar surface area (TPSA) is 155 Å². The monoisotopic (exact) mass is 1100 g/mol. The van der Waals surface area contributed by atoms with Crippen LogP contribution in [-0.2, 0) is 42.9 Å². The molecule has 4 aromatic rings. The highest BCUT2D eigenvalue weighted by Gasteiger charge is 2.27. The summed E-state index contributed by atoms with van der Waals surface area (Å²) >= 11 is 0. The van der Waals surface area contributed by atoms with Crippen molar-refractivity contribution in [2.24, 2.45) is 5.92 Å². The first-order chi connectivity index (χ1) is 38.2. The van der Waals surface area contributed by atoms with Crippen LogP contribution in [0.2, 0.25) is 0 Å². The number of carbonyl (C=O) groups excluding carboxylic acids is 4. The molecule has 2 aliphatic rings. The maximum absolute atomic E-state index is 14.8. The van der Waals surface area contributed by atoms with Gasteiger partial charge in [-0.25, -0.2) is 27.2 Å². The van der Waals surface area contributed by atoms with Crippen LogP contribution in [0.25, 0.3) is 22.3 Å². The summed E-state index contributed by atoms with van der Waals surface area (Å²) in [6, 6.07) is 17.5. The van der Waals surface area contributed by atoms with Gasteiger partial charge in [0.15, 0.2) is 24.2 Å². The van der Waals surface area contributed by atoms with E-state index >= 15 is 0 Å². The summed E-state index contributed by atoms with van der Waals surface area (Å²) in [4.78, 5) is 45.5. The molecule has 2 fully saturated rings. The highest BCUT2D eigenvalue weighted by Crippen LogP contribution is 2.33. The Balaban J connectivity index is 0.000000293. The fourth-order valence-electron chi connectivity index (χ4n) is 8.26. The average molecular weight is 1110 g/mol. The smallest absolute Gasteiger partial charge is 0.338 e. The lowest BCUT2D eigenvalue weighted by atomic mass is 10.0.